The molecule has 0 N–H and O–H groups in total. The zero-order valence-electron chi connectivity index (χ0n) is 9.77. The Morgan fingerprint density at radius 3 is 2.94 bits per heavy atom. The van der Waals surface area contributed by atoms with E-state index < -0.39 is 0 Å². The second kappa shape index (κ2) is 4.74. The van der Waals surface area contributed by atoms with Crippen molar-refractivity contribution in [2.75, 3.05) is 6.54 Å². The van der Waals surface area contributed by atoms with Gasteiger partial charge in [-0.1, -0.05) is 6.42 Å². The molecule has 2 rings (SSSR count). The van der Waals surface area contributed by atoms with E-state index in [0.29, 0.717) is 18.3 Å². The number of hydrogen-bond acceptors (Lipinski definition) is 5. The minimum Gasteiger partial charge on any atom is -0.424 e. The van der Waals surface area contributed by atoms with Crippen molar-refractivity contribution >= 4 is 5.78 Å². The van der Waals surface area contributed by atoms with Crippen LogP contribution in [-0.2, 0) is 11.3 Å². The molecule has 0 aromatic carbocycles. The molecule has 5 nitrogen and oxygen atoms in total. The van der Waals surface area contributed by atoms with Crippen LogP contribution in [0.15, 0.2) is 4.42 Å². The van der Waals surface area contributed by atoms with E-state index in [0.717, 1.165) is 25.8 Å². The van der Waals surface area contributed by atoms with E-state index in [2.05, 4.69) is 15.1 Å². The summed E-state index contributed by atoms with van der Waals surface area (Å²) in [5, 5.41) is 7.76. The molecule has 1 aliphatic heterocycles. The third kappa shape index (κ3) is 2.47. The lowest BCUT2D eigenvalue weighted by Gasteiger charge is -2.32. The molecule has 2 heterocycles. The third-order valence-corrected chi connectivity index (χ3v) is 2.99. The number of aromatic nitrogens is 2. The van der Waals surface area contributed by atoms with E-state index in [1.807, 2.05) is 0 Å². The molecule has 1 saturated heterocycles. The van der Waals surface area contributed by atoms with Gasteiger partial charge in [0.25, 0.3) is 0 Å². The Morgan fingerprint density at radius 2 is 2.31 bits per heavy atom. The number of piperidine rings is 1. The fourth-order valence-electron chi connectivity index (χ4n) is 2.22. The number of ketones is 1. The Bertz CT molecular complexity index is 375. The lowest BCUT2D eigenvalue weighted by Crippen LogP contribution is -2.43. The summed E-state index contributed by atoms with van der Waals surface area (Å²) in [4.78, 5) is 13.6. The molecular formula is C11H17N3O2. The molecule has 0 aliphatic carbocycles. The molecule has 0 spiro atoms. The topological polar surface area (TPSA) is 59.2 Å². The lowest BCUT2D eigenvalue weighted by atomic mass is 9.99. The quantitative estimate of drug-likeness (QED) is 0.773. The molecular weight excluding hydrogens is 206 g/mol. The molecule has 0 radical (unpaired) electrons. The summed E-state index contributed by atoms with van der Waals surface area (Å²) in [6.07, 6.45) is 3.21. The van der Waals surface area contributed by atoms with Gasteiger partial charge >= 0.3 is 0 Å². The highest BCUT2D eigenvalue weighted by molar-refractivity contribution is 5.81. The molecule has 1 aromatic rings. The van der Waals surface area contributed by atoms with Gasteiger partial charge in [0.2, 0.25) is 11.8 Å². The van der Waals surface area contributed by atoms with Crippen LogP contribution in [0.1, 0.15) is 38.0 Å². The largest absolute Gasteiger partial charge is 0.424 e. The summed E-state index contributed by atoms with van der Waals surface area (Å²) >= 11 is 0. The fraction of sp³-hybridized carbons (Fsp3) is 0.727. The van der Waals surface area contributed by atoms with Crippen LogP contribution in [-0.4, -0.2) is 33.5 Å². The van der Waals surface area contributed by atoms with Crippen LogP contribution < -0.4 is 0 Å². The highest BCUT2D eigenvalue weighted by Crippen LogP contribution is 2.19. The maximum absolute atomic E-state index is 11.5. The van der Waals surface area contributed by atoms with Crippen molar-refractivity contribution in [2.24, 2.45) is 0 Å². The van der Waals surface area contributed by atoms with Crippen molar-refractivity contribution in [3.8, 4) is 0 Å². The average molecular weight is 223 g/mol. The van der Waals surface area contributed by atoms with Crippen LogP contribution in [0.3, 0.4) is 0 Å². The maximum atomic E-state index is 11.5. The predicted octanol–water partition coefficient (Wildman–Crippen LogP) is 1.32. The van der Waals surface area contributed by atoms with E-state index in [-0.39, 0.29) is 11.8 Å². The number of rotatable bonds is 3. The van der Waals surface area contributed by atoms with E-state index in [4.69, 9.17) is 4.42 Å². The minimum absolute atomic E-state index is 0.0287. The van der Waals surface area contributed by atoms with Crippen molar-refractivity contribution in [1.29, 1.82) is 0 Å². The second-order valence-corrected chi connectivity index (χ2v) is 4.31. The average Bonchev–Trinajstić information content (AvgIpc) is 2.64. The van der Waals surface area contributed by atoms with Crippen LogP contribution in [0.2, 0.25) is 0 Å². The first-order chi connectivity index (χ1) is 7.66. The predicted molar refractivity (Wildman–Crippen MR) is 57.8 cm³/mol. The van der Waals surface area contributed by atoms with Crippen LogP contribution in [0, 0.1) is 6.92 Å². The van der Waals surface area contributed by atoms with Crippen molar-refractivity contribution in [1.82, 2.24) is 15.1 Å². The van der Waals surface area contributed by atoms with E-state index in [9.17, 15) is 4.79 Å². The van der Waals surface area contributed by atoms with Crippen LogP contribution in [0.5, 0.6) is 0 Å². The summed E-state index contributed by atoms with van der Waals surface area (Å²) in [5.74, 6) is 1.41. The molecule has 16 heavy (non-hydrogen) atoms. The first kappa shape index (κ1) is 11.3. The van der Waals surface area contributed by atoms with Crippen LogP contribution in [0.4, 0.5) is 0 Å². The molecule has 0 saturated carbocycles. The summed E-state index contributed by atoms with van der Waals surface area (Å²) in [7, 11) is 0. The fourth-order valence-corrected chi connectivity index (χ4v) is 2.22. The Hall–Kier alpha value is -1.23. The Balaban J connectivity index is 2.03. The van der Waals surface area contributed by atoms with Gasteiger partial charge in [0.05, 0.1) is 12.6 Å². The number of aryl methyl sites for hydroxylation is 1. The van der Waals surface area contributed by atoms with E-state index in [1.165, 1.54) is 0 Å². The summed E-state index contributed by atoms with van der Waals surface area (Å²) in [5.41, 5.74) is 0. The van der Waals surface area contributed by atoms with Gasteiger partial charge in [-0.15, -0.1) is 10.2 Å². The smallest absolute Gasteiger partial charge is 0.230 e. The van der Waals surface area contributed by atoms with E-state index in [1.54, 1.807) is 13.8 Å². The molecule has 0 bridgehead atoms. The van der Waals surface area contributed by atoms with Gasteiger partial charge in [0.15, 0.2) is 0 Å². The maximum Gasteiger partial charge on any atom is 0.230 e. The van der Waals surface area contributed by atoms with Crippen molar-refractivity contribution in [3.05, 3.63) is 11.8 Å². The standard InChI is InChI=1S/C11H17N3O2/c1-8(15)10-5-3-4-6-14(10)7-11-13-12-9(2)16-11/h10H,3-7H2,1-2H3. The van der Waals surface area contributed by atoms with Gasteiger partial charge in [-0.05, 0) is 26.3 Å². The van der Waals surface area contributed by atoms with Crippen molar-refractivity contribution in [3.63, 3.8) is 0 Å². The third-order valence-electron chi connectivity index (χ3n) is 2.99. The second-order valence-electron chi connectivity index (χ2n) is 4.31. The Labute approximate surface area is 94.8 Å². The molecule has 5 heteroatoms. The molecule has 1 fully saturated rings. The molecule has 0 amide bonds. The van der Waals surface area contributed by atoms with Gasteiger partial charge in [0.1, 0.15) is 5.78 Å². The number of hydrogen-bond donors (Lipinski definition) is 0. The number of Topliss-reactive ketones (excluding diaryl/α,β-unsaturated/α-hetero) is 1. The number of nitrogens with zero attached hydrogens (tertiary/aromatic N) is 3. The molecule has 1 aliphatic rings. The van der Waals surface area contributed by atoms with Crippen molar-refractivity contribution in [2.45, 2.75) is 45.7 Å². The Morgan fingerprint density at radius 1 is 1.50 bits per heavy atom. The monoisotopic (exact) mass is 223 g/mol. The van der Waals surface area contributed by atoms with Crippen LogP contribution in [0.25, 0.3) is 0 Å². The first-order valence-corrected chi connectivity index (χ1v) is 5.70. The number of likely N-dealkylation sites (tertiary alicyclic amines) is 1. The SMILES string of the molecule is CC(=O)C1CCCCN1Cc1nnc(C)o1. The molecule has 1 aromatic heterocycles. The molecule has 1 unspecified atom stereocenters. The highest BCUT2D eigenvalue weighted by Gasteiger charge is 2.27. The Kier molecular flexibility index (Phi) is 3.33. The molecule has 1 atom stereocenters. The number of carbonyl (C=O) groups is 1. The van der Waals surface area contributed by atoms with Crippen LogP contribution >= 0.6 is 0 Å². The normalized spacial score (nSPS) is 22.2. The highest BCUT2D eigenvalue weighted by atomic mass is 16.4. The van der Waals surface area contributed by atoms with Gasteiger partial charge in [-0.25, -0.2) is 0 Å². The van der Waals surface area contributed by atoms with Gasteiger partial charge in [0, 0.05) is 6.92 Å². The van der Waals surface area contributed by atoms with Gasteiger partial charge in [-0.3, -0.25) is 9.69 Å². The van der Waals surface area contributed by atoms with E-state index >= 15 is 0 Å². The summed E-state index contributed by atoms with van der Waals surface area (Å²) < 4.78 is 5.34. The number of carbonyl (C=O) groups excluding carboxylic acids is 1. The van der Waals surface area contributed by atoms with Gasteiger partial charge < -0.3 is 4.42 Å². The minimum atomic E-state index is 0.0287. The first-order valence-electron chi connectivity index (χ1n) is 5.70. The summed E-state index contributed by atoms with van der Waals surface area (Å²) in [6.45, 7) is 4.95. The van der Waals surface area contributed by atoms with Crippen molar-refractivity contribution < 1.29 is 9.21 Å². The van der Waals surface area contributed by atoms with Gasteiger partial charge in [-0.2, -0.15) is 0 Å². The zero-order valence-corrected chi connectivity index (χ0v) is 9.77. The zero-order chi connectivity index (χ0) is 11.5. The molecule has 88 valence electrons. The summed E-state index contributed by atoms with van der Waals surface area (Å²) in [6, 6.07) is 0.0287. The lowest BCUT2D eigenvalue weighted by molar-refractivity contribution is -0.123.